The van der Waals surface area contributed by atoms with Crippen molar-refractivity contribution < 1.29 is 13.9 Å². The highest BCUT2D eigenvalue weighted by Crippen LogP contribution is 2.33. The largest absolute Gasteiger partial charge is 0.494 e. The molecule has 31 heavy (non-hydrogen) atoms. The monoisotopic (exact) mass is 423 g/mol. The Kier molecular flexibility index (Phi) is 7.15. The molecule has 1 heterocycles. The molecule has 0 atom stereocenters. The molecule has 0 aliphatic carbocycles. The van der Waals surface area contributed by atoms with Crippen molar-refractivity contribution in [2.75, 3.05) is 38.4 Å². The molecule has 162 valence electrons. The Balaban J connectivity index is 1.96. The maximum Gasteiger partial charge on any atom is 0.284 e. The third kappa shape index (κ3) is 5.55. The number of halogens is 1. The van der Waals surface area contributed by atoms with Crippen LogP contribution < -0.4 is 15.4 Å². The number of aryl methyl sites for hydroxylation is 1. The minimum atomic E-state index is -0.866. The molecule has 0 saturated carbocycles. The van der Waals surface area contributed by atoms with Crippen molar-refractivity contribution in [1.82, 2.24) is 14.9 Å². The number of anilines is 3. The number of benzene rings is 2. The summed E-state index contributed by atoms with van der Waals surface area (Å²) in [4.78, 5) is 22.7. The quantitative estimate of drug-likeness (QED) is 0.526. The molecule has 0 saturated heterocycles. The second-order valence-corrected chi connectivity index (χ2v) is 7.24. The fourth-order valence-corrected chi connectivity index (χ4v) is 2.99. The number of likely N-dealkylation sites (N-methyl/N-ethyl adjacent to an activating group) is 1. The van der Waals surface area contributed by atoms with Crippen LogP contribution in [0, 0.1) is 0 Å². The Labute approximate surface area is 181 Å². The zero-order chi connectivity index (χ0) is 22.4. The van der Waals surface area contributed by atoms with Gasteiger partial charge in [0.2, 0.25) is 0 Å². The third-order valence-corrected chi connectivity index (χ3v) is 4.66. The smallest absolute Gasteiger partial charge is 0.284 e. The van der Waals surface area contributed by atoms with Gasteiger partial charge in [0.1, 0.15) is 17.9 Å². The lowest BCUT2D eigenvalue weighted by atomic mass is 10.1. The van der Waals surface area contributed by atoms with Crippen molar-refractivity contribution in [3.05, 3.63) is 60.2 Å². The number of methoxy groups -OCH3 is 1. The topological polar surface area (TPSA) is 79.4 Å². The second-order valence-electron chi connectivity index (χ2n) is 7.24. The third-order valence-electron chi connectivity index (χ3n) is 4.66. The second kappa shape index (κ2) is 9.99. The highest BCUT2D eigenvalue weighted by Gasteiger charge is 2.15. The van der Waals surface area contributed by atoms with Gasteiger partial charge in [-0.25, -0.2) is 14.4 Å². The van der Waals surface area contributed by atoms with E-state index >= 15 is 0 Å². The van der Waals surface area contributed by atoms with E-state index in [1.54, 1.807) is 31.1 Å². The SMILES string of the molecule is CCc1cccc(Nc2ncnc3cc(OC)c(NC(=O)C(F)=CCN(C)C)cc23)c1. The fourth-order valence-electron chi connectivity index (χ4n) is 2.99. The molecule has 2 aromatic carbocycles. The average Bonchev–Trinajstić information content (AvgIpc) is 2.77. The Morgan fingerprint density at radius 2 is 2.03 bits per heavy atom. The lowest BCUT2D eigenvalue weighted by molar-refractivity contribution is -0.114. The van der Waals surface area contributed by atoms with Gasteiger partial charge in [-0.3, -0.25) is 4.79 Å². The van der Waals surface area contributed by atoms with E-state index in [0.717, 1.165) is 12.1 Å². The molecule has 0 spiro atoms. The summed E-state index contributed by atoms with van der Waals surface area (Å²) in [6.07, 6.45) is 3.59. The predicted octanol–water partition coefficient (Wildman–Crippen LogP) is 4.30. The number of amides is 1. The highest BCUT2D eigenvalue weighted by molar-refractivity contribution is 6.05. The van der Waals surface area contributed by atoms with Gasteiger partial charge in [0, 0.05) is 23.7 Å². The molecule has 0 bridgehead atoms. The number of aromatic nitrogens is 2. The van der Waals surface area contributed by atoms with Gasteiger partial charge in [-0.15, -0.1) is 0 Å². The summed E-state index contributed by atoms with van der Waals surface area (Å²) in [7, 11) is 5.06. The molecule has 0 unspecified atom stereocenters. The summed E-state index contributed by atoms with van der Waals surface area (Å²) in [5.41, 5.74) is 3.03. The van der Waals surface area contributed by atoms with Crippen molar-refractivity contribution in [3.8, 4) is 5.75 Å². The van der Waals surface area contributed by atoms with Crippen LogP contribution >= 0.6 is 0 Å². The van der Waals surface area contributed by atoms with Crippen molar-refractivity contribution in [3.63, 3.8) is 0 Å². The van der Waals surface area contributed by atoms with E-state index in [1.165, 1.54) is 25.1 Å². The lowest BCUT2D eigenvalue weighted by Crippen LogP contribution is -2.16. The van der Waals surface area contributed by atoms with E-state index in [0.29, 0.717) is 34.7 Å². The van der Waals surface area contributed by atoms with E-state index in [2.05, 4.69) is 33.6 Å². The summed E-state index contributed by atoms with van der Waals surface area (Å²) in [6, 6.07) is 11.4. The molecular formula is C23H26FN5O2. The van der Waals surface area contributed by atoms with Crippen LogP contribution in [-0.2, 0) is 11.2 Å². The number of nitrogens with one attached hydrogen (secondary N) is 2. The van der Waals surface area contributed by atoms with Gasteiger partial charge >= 0.3 is 0 Å². The summed E-state index contributed by atoms with van der Waals surface area (Å²) in [5.74, 6) is -0.768. The zero-order valence-corrected chi connectivity index (χ0v) is 18.1. The van der Waals surface area contributed by atoms with Crippen LogP contribution in [-0.4, -0.2) is 48.5 Å². The molecule has 1 amide bonds. The molecule has 3 aromatic rings. The first-order chi connectivity index (χ1) is 14.9. The molecule has 8 heteroatoms. The number of hydrogen-bond donors (Lipinski definition) is 2. The molecule has 0 fully saturated rings. The van der Waals surface area contributed by atoms with Gasteiger partial charge in [0.15, 0.2) is 5.83 Å². The van der Waals surface area contributed by atoms with E-state index in [-0.39, 0.29) is 0 Å². The van der Waals surface area contributed by atoms with E-state index < -0.39 is 11.7 Å². The highest BCUT2D eigenvalue weighted by atomic mass is 19.1. The number of carbonyl (C=O) groups excluding carboxylic acids is 1. The molecule has 0 aliphatic heterocycles. The first kappa shape index (κ1) is 22.2. The van der Waals surface area contributed by atoms with Gasteiger partial charge in [-0.2, -0.15) is 0 Å². The van der Waals surface area contributed by atoms with Crippen LogP contribution in [0.15, 0.2) is 54.6 Å². The number of fused-ring (bicyclic) bond motifs is 1. The van der Waals surface area contributed by atoms with Crippen LogP contribution in [0.3, 0.4) is 0 Å². The summed E-state index contributed by atoms with van der Waals surface area (Å²) in [6.45, 7) is 2.40. The van der Waals surface area contributed by atoms with E-state index in [9.17, 15) is 9.18 Å². The van der Waals surface area contributed by atoms with Crippen LogP contribution in [0.5, 0.6) is 5.75 Å². The minimum Gasteiger partial charge on any atom is -0.494 e. The maximum atomic E-state index is 14.2. The Morgan fingerprint density at radius 1 is 1.23 bits per heavy atom. The van der Waals surface area contributed by atoms with Gasteiger partial charge in [-0.05, 0) is 50.4 Å². The molecule has 3 rings (SSSR count). The first-order valence-corrected chi connectivity index (χ1v) is 9.91. The summed E-state index contributed by atoms with van der Waals surface area (Å²) < 4.78 is 19.5. The van der Waals surface area contributed by atoms with Crippen LogP contribution in [0.1, 0.15) is 12.5 Å². The van der Waals surface area contributed by atoms with Crippen molar-refractivity contribution >= 4 is 34.0 Å². The standard InChI is InChI=1S/C23H26FN5O2/c1-5-15-7-6-8-16(11-15)27-22-17-12-20(21(31-4)13-19(17)25-14-26-22)28-23(30)18(24)9-10-29(2)3/h6-9,11-14H,5,10H2,1-4H3,(H,28,30)(H,25,26,27). The fraction of sp³-hybridized carbons (Fsp3) is 0.261. The number of rotatable bonds is 8. The zero-order valence-electron chi connectivity index (χ0n) is 18.1. The van der Waals surface area contributed by atoms with Crippen LogP contribution in [0.25, 0.3) is 10.9 Å². The predicted molar refractivity (Wildman–Crippen MR) is 122 cm³/mol. The number of ether oxygens (including phenoxy) is 1. The average molecular weight is 423 g/mol. The van der Waals surface area contributed by atoms with Crippen molar-refractivity contribution in [2.45, 2.75) is 13.3 Å². The normalized spacial score (nSPS) is 11.6. The minimum absolute atomic E-state index is 0.312. The molecule has 1 aromatic heterocycles. The van der Waals surface area contributed by atoms with E-state index in [1.807, 2.05) is 18.2 Å². The lowest BCUT2D eigenvalue weighted by Gasteiger charge is -2.14. The van der Waals surface area contributed by atoms with Gasteiger partial charge in [-0.1, -0.05) is 19.1 Å². The molecule has 0 radical (unpaired) electrons. The van der Waals surface area contributed by atoms with Crippen molar-refractivity contribution in [2.24, 2.45) is 0 Å². The summed E-state index contributed by atoms with van der Waals surface area (Å²) in [5, 5.41) is 6.54. The maximum absolute atomic E-state index is 14.2. The summed E-state index contributed by atoms with van der Waals surface area (Å²) >= 11 is 0. The van der Waals surface area contributed by atoms with E-state index in [4.69, 9.17) is 4.74 Å². The number of nitrogens with zero attached hydrogens (tertiary/aromatic N) is 3. The molecule has 7 nitrogen and oxygen atoms in total. The Morgan fingerprint density at radius 3 is 2.74 bits per heavy atom. The Bertz CT molecular complexity index is 1110. The van der Waals surface area contributed by atoms with Crippen molar-refractivity contribution in [1.29, 1.82) is 0 Å². The van der Waals surface area contributed by atoms with Gasteiger partial charge in [0.25, 0.3) is 5.91 Å². The first-order valence-electron chi connectivity index (χ1n) is 9.91. The van der Waals surface area contributed by atoms with Crippen LogP contribution in [0.2, 0.25) is 0 Å². The molecule has 0 aliphatic rings. The van der Waals surface area contributed by atoms with Crippen LogP contribution in [0.4, 0.5) is 21.6 Å². The number of carbonyl (C=O) groups is 1. The molecular weight excluding hydrogens is 397 g/mol. The Hall–Kier alpha value is -3.52. The molecule has 2 N–H and O–H groups in total. The number of hydrogen-bond acceptors (Lipinski definition) is 6. The van der Waals surface area contributed by atoms with Gasteiger partial charge in [0.05, 0.1) is 18.3 Å². The van der Waals surface area contributed by atoms with Gasteiger partial charge < -0.3 is 20.3 Å².